The molecule has 1 unspecified atom stereocenters. The van der Waals surface area contributed by atoms with Crippen LogP contribution in [0.3, 0.4) is 0 Å². The van der Waals surface area contributed by atoms with Crippen molar-refractivity contribution in [1.82, 2.24) is 5.32 Å². The normalized spacial score (nSPS) is 19.4. The highest BCUT2D eigenvalue weighted by atomic mass is 16.5. The Morgan fingerprint density at radius 3 is 3.00 bits per heavy atom. The van der Waals surface area contributed by atoms with E-state index in [4.69, 9.17) is 4.74 Å². The van der Waals surface area contributed by atoms with Crippen molar-refractivity contribution < 1.29 is 9.53 Å². The molecule has 1 fully saturated rings. The van der Waals surface area contributed by atoms with E-state index in [1.807, 2.05) is 24.3 Å². The van der Waals surface area contributed by atoms with Gasteiger partial charge in [0.25, 0.3) is 0 Å². The van der Waals surface area contributed by atoms with Gasteiger partial charge in [-0.3, -0.25) is 4.79 Å². The number of hydrogen-bond acceptors (Lipinski definition) is 3. The second-order valence-electron chi connectivity index (χ2n) is 3.88. The van der Waals surface area contributed by atoms with Crippen molar-refractivity contribution >= 4 is 11.6 Å². The second kappa shape index (κ2) is 4.99. The van der Waals surface area contributed by atoms with E-state index in [1.165, 1.54) is 0 Å². The first kappa shape index (κ1) is 11.0. The van der Waals surface area contributed by atoms with E-state index in [1.54, 1.807) is 7.11 Å². The van der Waals surface area contributed by atoms with Crippen molar-refractivity contribution in [2.75, 3.05) is 25.5 Å². The van der Waals surface area contributed by atoms with E-state index < -0.39 is 0 Å². The summed E-state index contributed by atoms with van der Waals surface area (Å²) in [6, 6.07) is 7.44. The van der Waals surface area contributed by atoms with E-state index in [9.17, 15) is 4.79 Å². The van der Waals surface area contributed by atoms with Crippen LogP contribution in [-0.2, 0) is 4.79 Å². The summed E-state index contributed by atoms with van der Waals surface area (Å²) in [6.45, 7) is 1.69. The number of rotatable bonds is 3. The number of para-hydroxylation sites is 2. The summed E-state index contributed by atoms with van der Waals surface area (Å²) in [4.78, 5) is 11.9. The molecule has 2 N–H and O–H groups in total. The first-order chi connectivity index (χ1) is 7.81. The minimum atomic E-state index is 0.0644. The molecule has 1 aliphatic rings. The number of nitrogens with one attached hydrogen (secondary N) is 2. The van der Waals surface area contributed by atoms with Gasteiger partial charge in [-0.2, -0.15) is 0 Å². The fourth-order valence-corrected chi connectivity index (χ4v) is 1.86. The first-order valence-electron chi connectivity index (χ1n) is 5.46. The van der Waals surface area contributed by atoms with Crippen molar-refractivity contribution in [1.29, 1.82) is 0 Å². The zero-order valence-corrected chi connectivity index (χ0v) is 9.32. The molecule has 0 aromatic heterocycles. The Hall–Kier alpha value is -1.55. The lowest BCUT2D eigenvalue weighted by molar-refractivity contribution is -0.119. The monoisotopic (exact) mass is 220 g/mol. The summed E-state index contributed by atoms with van der Waals surface area (Å²) >= 11 is 0. The molecule has 4 heteroatoms. The van der Waals surface area contributed by atoms with Crippen LogP contribution >= 0.6 is 0 Å². The van der Waals surface area contributed by atoms with Gasteiger partial charge in [0.15, 0.2) is 0 Å². The lowest BCUT2D eigenvalue weighted by Gasteiger charge is -2.12. The van der Waals surface area contributed by atoms with Gasteiger partial charge in [-0.05, 0) is 25.1 Å². The summed E-state index contributed by atoms with van der Waals surface area (Å²) in [5.74, 6) is 0.834. The van der Waals surface area contributed by atoms with Crippen molar-refractivity contribution in [3.8, 4) is 5.75 Å². The van der Waals surface area contributed by atoms with Crippen LogP contribution in [0.2, 0.25) is 0 Å². The van der Waals surface area contributed by atoms with Gasteiger partial charge in [-0.25, -0.2) is 0 Å². The molecule has 0 aliphatic carbocycles. The third kappa shape index (κ3) is 2.33. The molecule has 1 atom stereocenters. The average Bonchev–Trinajstić information content (AvgIpc) is 2.83. The highest BCUT2D eigenvalue weighted by Gasteiger charge is 2.22. The molecule has 16 heavy (non-hydrogen) atoms. The molecule has 1 saturated heterocycles. The Kier molecular flexibility index (Phi) is 3.41. The number of amides is 1. The number of benzene rings is 1. The lowest BCUT2D eigenvalue weighted by atomic mass is 10.1. The van der Waals surface area contributed by atoms with Crippen molar-refractivity contribution in [3.63, 3.8) is 0 Å². The number of hydrogen-bond donors (Lipinski definition) is 2. The predicted octanol–water partition coefficient (Wildman–Crippen LogP) is 1.24. The van der Waals surface area contributed by atoms with Crippen LogP contribution in [0, 0.1) is 5.92 Å². The van der Waals surface area contributed by atoms with Gasteiger partial charge < -0.3 is 15.4 Å². The van der Waals surface area contributed by atoms with Crippen molar-refractivity contribution in [3.05, 3.63) is 24.3 Å². The van der Waals surface area contributed by atoms with Crippen LogP contribution in [0.15, 0.2) is 24.3 Å². The molecular formula is C12H16N2O2. The van der Waals surface area contributed by atoms with Crippen LogP contribution < -0.4 is 15.4 Å². The van der Waals surface area contributed by atoms with Gasteiger partial charge in [0.2, 0.25) is 5.91 Å². The lowest BCUT2D eigenvalue weighted by Crippen LogP contribution is -2.24. The maximum absolute atomic E-state index is 11.9. The Bertz CT molecular complexity index is 373. The van der Waals surface area contributed by atoms with E-state index in [2.05, 4.69) is 10.6 Å². The molecule has 4 nitrogen and oxygen atoms in total. The number of carbonyl (C=O) groups is 1. The maximum atomic E-state index is 11.9. The van der Waals surface area contributed by atoms with Crippen molar-refractivity contribution in [2.24, 2.45) is 5.92 Å². The van der Waals surface area contributed by atoms with Gasteiger partial charge in [0, 0.05) is 6.54 Å². The number of ether oxygens (including phenoxy) is 1. The molecule has 1 aromatic carbocycles. The maximum Gasteiger partial charge on any atom is 0.228 e. The Morgan fingerprint density at radius 1 is 1.50 bits per heavy atom. The van der Waals surface area contributed by atoms with E-state index in [0.717, 1.165) is 25.2 Å². The molecular weight excluding hydrogens is 204 g/mol. The molecule has 0 saturated carbocycles. The molecule has 1 heterocycles. The van der Waals surface area contributed by atoms with E-state index >= 15 is 0 Å². The van der Waals surface area contributed by atoms with Crippen molar-refractivity contribution in [2.45, 2.75) is 6.42 Å². The molecule has 0 bridgehead atoms. The van der Waals surface area contributed by atoms with Gasteiger partial charge in [-0.15, -0.1) is 0 Å². The zero-order chi connectivity index (χ0) is 11.4. The summed E-state index contributed by atoms with van der Waals surface area (Å²) < 4.78 is 5.18. The molecule has 2 rings (SSSR count). The van der Waals surface area contributed by atoms with Gasteiger partial charge >= 0.3 is 0 Å². The molecule has 1 aromatic rings. The molecule has 86 valence electrons. The number of carbonyl (C=O) groups excluding carboxylic acids is 1. The fraction of sp³-hybridized carbons (Fsp3) is 0.417. The Balaban J connectivity index is 2.05. The topological polar surface area (TPSA) is 50.4 Å². The number of methoxy groups -OCH3 is 1. The minimum Gasteiger partial charge on any atom is -0.495 e. The smallest absolute Gasteiger partial charge is 0.228 e. The van der Waals surface area contributed by atoms with E-state index in [0.29, 0.717) is 5.75 Å². The SMILES string of the molecule is COc1ccccc1NC(=O)C1CCNC1. The first-order valence-corrected chi connectivity index (χ1v) is 5.46. The highest BCUT2D eigenvalue weighted by Crippen LogP contribution is 2.24. The van der Waals surface area contributed by atoms with Crippen LogP contribution in [0.5, 0.6) is 5.75 Å². The summed E-state index contributed by atoms with van der Waals surface area (Å²) in [7, 11) is 1.60. The molecule has 1 aliphatic heterocycles. The highest BCUT2D eigenvalue weighted by molar-refractivity contribution is 5.94. The second-order valence-corrected chi connectivity index (χ2v) is 3.88. The third-order valence-electron chi connectivity index (χ3n) is 2.80. The van der Waals surface area contributed by atoms with E-state index in [-0.39, 0.29) is 11.8 Å². The zero-order valence-electron chi connectivity index (χ0n) is 9.32. The molecule has 0 radical (unpaired) electrons. The number of anilines is 1. The van der Waals surface area contributed by atoms with Crippen LogP contribution in [0.25, 0.3) is 0 Å². The van der Waals surface area contributed by atoms with Crippen LogP contribution in [0.4, 0.5) is 5.69 Å². The summed E-state index contributed by atoms with van der Waals surface area (Å²) in [5.41, 5.74) is 0.738. The molecule has 0 spiro atoms. The average molecular weight is 220 g/mol. The largest absolute Gasteiger partial charge is 0.495 e. The van der Waals surface area contributed by atoms with Crippen LogP contribution in [0.1, 0.15) is 6.42 Å². The Morgan fingerprint density at radius 2 is 2.31 bits per heavy atom. The summed E-state index contributed by atoms with van der Waals surface area (Å²) in [5, 5.41) is 6.07. The third-order valence-corrected chi connectivity index (χ3v) is 2.80. The summed E-state index contributed by atoms with van der Waals surface area (Å²) in [6.07, 6.45) is 0.904. The van der Waals surface area contributed by atoms with Gasteiger partial charge in [-0.1, -0.05) is 12.1 Å². The quantitative estimate of drug-likeness (QED) is 0.806. The van der Waals surface area contributed by atoms with Crippen LogP contribution in [-0.4, -0.2) is 26.1 Å². The standard InChI is InChI=1S/C12H16N2O2/c1-16-11-5-3-2-4-10(11)14-12(15)9-6-7-13-8-9/h2-5,9,13H,6-8H2,1H3,(H,14,15). The fourth-order valence-electron chi connectivity index (χ4n) is 1.86. The Labute approximate surface area is 95.0 Å². The predicted molar refractivity (Wildman–Crippen MR) is 62.6 cm³/mol. The van der Waals surface area contributed by atoms with Gasteiger partial charge in [0.05, 0.1) is 18.7 Å². The van der Waals surface area contributed by atoms with Gasteiger partial charge in [0.1, 0.15) is 5.75 Å². The molecule has 1 amide bonds. The minimum absolute atomic E-state index is 0.0644.